The fourth-order valence-electron chi connectivity index (χ4n) is 2.87. The lowest BCUT2D eigenvalue weighted by Gasteiger charge is -2.20. The van der Waals surface area contributed by atoms with E-state index in [1.165, 1.54) is 30.4 Å². The van der Waals surface area contributed by atoms with Crippen molar-refractivity contribution >= 4 is 30.1 Å². The summed E-state index contributed by atoms with van der Waals surface area (Å²) in [5, 5.41) is 0. The summed E-state index contributed by atoms with van der Waals surface area (Å²) in [4.78, 5) is 37.4. The molecule has 0 radical (unpaired) electrons. The maximum Gasteiger partial charge on any atom is 0.336 e. The second kappa shape index (κ2) is 12.3. The first-order valence-electron chi connectivity index (χ1n) is 11.5. The average Bonchev–Trinajstić information content (AvgIpc) is 2.87. The molecule has 6 heteroatoms. The molecule has 0 amide bonds. The third-order valence-corrected chi connectivity index (χ3v) is 5.36. The van der Waals surface area contributed by atoms with Crippen LogP contribution < -0.4 is 14.2 Å². The molecule has 184 valence electrons. The number of rotatable bonds is 9. The molecule has 0 atom stereocenters. The van der Waals surface area contributed by atoms with E-state index in [0.29, 0.717) is 6.42 Å². The van der Waals surface area contributed by atoms with E-state index in [9.17, 15) is 14.4 Å². The minimum Gasteiger partial charge on any atom is -0.426 e. The molecule has 0 aliphatic carbocycles. The fourth-order valence-corrected chi connectivity index (χ4v) is 2.87. The van der Waals surface area contributed by atoms with Gasteiger partial charge in [0.1, 0.15) is 17.2 Å². The van der Waals surface area contributed by atoms with Gasteiger partial charge < -0.3 is 14.2 Å². The van der Waals surface area contributed by atoms with Gasteiger partial charge in [0.15, 0.2) is 0 Å². The first-order chi connectivity index (χ1) is 17.2. The van der Waals surface area contributed by atoms with Gasteiger partial charge in [-0.15, -0.1) is 0 Å². The van der Waals surface area contributed by atoms with Gasteiger partial charge in [-0.05, 0) is 43.5 Å². The number of benzene rings is 3. The van der Waals surface area contributed by atoms with Crippen LogP contribution in [0.25, 0.3) is 12.2 Å². The molecule has 36 heavy (non-hydrogen) atoms. The minimum absolute atomic E-state index is 0.0622. The van der Waals surface area contributed by atoms with Crippen LogP contribution in [0.15, 0.2) is 91.0 Å². The van der Waals surface area contributed by atoms with Crippen LogP contribution >= 0.6 is 0 Å². The van der Waals surface area contributed by atoms with Gasteiger partial charge in [0, 0.05) is 30.4 Å². The van der Waals surface area contributed by atoms with Crippen molar-refractivity contribution in [3.8, 4) is 17.2 Å². The van der Waals surface area contributed by atoms with Crippen molar-refractivity contribution in [2.45, 2.75) is 27.2 Å². The Kier molecular flexibility index (Phi) is 8.95. The van der Waals surface area contributed by atoms with Crippen molar-refractivity contribution in [1.29, 1.82) is 0 Å². The van der Waals surface area contributed by atoms with E-state index >= 15 is 0 Å². The van der Waals surface area contributed by atoms with E-state index in [4.69, 9.17) is 14.2 Å². The molecule has 0 aliphatic rings. The van der Waals surface area contributed by atoms with Crippen LogP contribution in [-0.4, -0.2) is 17.9 Å². The van der Waals surface area contributed by atoms with E-state index in [1.807, 2.05) is 67.6 Å². The van der Waals surface area contributed by atoms with Gasteiger partial charge in [-0.1, -0.05) is 67.6 Å². The SMILES string of the molecule is CCC(C)(C)C(=O)Oc1cc(OC(=O)/C=C/c2ccccc2)cc(OC(=O)/C=C/c2ccccc2)c1. The minimum atomic E-state index is -0.722. The van der Waals surface area contributed by atoms with Crippen molar-refractivity contribution in [3.63, 3.8) is 0 Å². The topological polar surface area (TPSA) is 78.9 Å². The standard InChI is InChI=1S/C30H28O6/c1-4-30(2,3)29(33)36-26-20-24(34-27(31)17-15-22-11-7-5-8-12-22)19-25(21-26)35-28(32)18-16-23-13-9-6-10-14-23/h5-21H,4H2,1-3H3/b17-15+,18-16+. The van der Waals surface area contributed by atoms with Crippen molar-refractivity contribution < 1.29 is 28.6 Å². The maximum atomic E-state index is 12.6. The Hall–Kier alpha value is -4.45. The smallest absolute Gasteiger partial charge is 0.336 e. The number of carbonyl (C=O) groups excluding carboxylic acids is 3. The van der Waals surface area contributed by atoms with Gasteiger partial charge in [-0.3, -0.25) is 4.79 Å². The molecule has 3 aromatic carbocycles. The Morgan fingerprint density at radius 1 is 0.667 bits per heavy atom. The summed E-state index contributed by atoms with van der Waals surface area (Å²) >= 11 is 0. The highest BCUT2D eigenvalue weighted by atomic mass is 16.6. The van der Waals surface area contributed by atoms with Gasteiger partial charge in [-0.2, -0.15) is 0 Å². The van der Waals surface area contributed by atoms with Crippen LogP contribution in [-0.2, 0) is 14.4 Å². The van der Waals surface area contributed by atoms with Crippen molar-refractivity contribution in [3.05, 3.63) is 102 Å². The molecule has 0 N–H and O–H groups in total. The summed E-state index contributed by atoms with van der Waals surface area (Å²) in [6, 6.07) is 22.7. The quantitative estimate of drug-likeness (QED) is 0.202. The predicted molar refractivity (Wildman–Crippen MR) is 138 cm³/mol. The average molecular weight is 485 g/mol. The zero-order chi connectivity index (χ0) is 26.0. The highest BCUT2D eigenvalue weighted by Crippen LogP contribution is 2.31. The van der Waals surface area contributed by atoms with E-state index in [0.717, 1.165) is 11.1 Å². The largest absolute Gasteiger partial charge is 0.426 e. The van der Waals surface area contributed by atoms with Gasteiger partial charge >= 0.3 is 17.9 Å². The Bertz CT molecular complexity index is 1180. The number of hydrogen-bond donors (Lipinski definition) is 0. The van der Waals surface area contributed by atoms with E-state index in [1.54, 1.807) is 26.0 Å². The Morgan fingerprint density at radius 3 is 1.44 bits per heavy atom. The molecule has 0 saturated carbocycles. The number of hydrogen-bond acceptors (Lipinski definition) is 6. The lowest BCUT2D eigenvalue weighted by Crippen LogP contribution is -2.28. The third-order valence-electron chi connectivity index (χ3n) is 5.36. The molecule has 0 unspecified atom stereocenters. The van der Waals surface area contributed by atoms with Crippen LogP contribution in [0.5, 0.6) is 17.2 Å². The van der Waals surface area contributed by atoms with E-state index < -0.39 is 23.3 Å². The number of esters is 3. The third kappa shape index (κ3) is 8.09. The normalized spacial score (nSPS) is 11.4. The molecular weight excluding hydrogens is 456 g/mol. The van der Waals surface area contributed by atoms with Gasteiger partial charge in [0.2, 0.25) is 0 Å². The first-order valence-corrected chi connectivity index (χ1v) is 11.5. The summed E-state index contributed by atoms with van der Waals surface area (Å²) in [5.74, 6) is -1.53. The summed E-state index contributed by atoms with van der Waals surface area (Å²) in [6.07, 6.45) is 6.36. The van der Waals surface area contributed by atoms with Crippen molar-refractivity contribution in [2.24, 2.45) is 5.41 Å². The van der Waals surface area contributed by atoms with Crippen LogP contribution in [0, 0.1) is 5.41 Å². The summed E-state index contributed by atoms with van der Waals surface area (Å²) in [5.41, 5.74) is 0.942. The van der Waals surface area contributed by atoms with Crippen LogP contribution in [0.1, 0.15) is 38.3 Å². The van der Waals surface area contributed by atoms with E-state index in [2.05, 4.69) is 0 Å². The second-order valence-corrected chi connectivity index (χ2v) is 8.60. The van der Waals surface area contributed by atoms with Crippen LogP contribution in [0.4, 0.5) is 0 Å². The lowest BCUT2D eigenvalue weighted by atomic mass is 9.91. The first kappa shape index (κ1) is 26.2. The molecule has 0 heterocycles. The molecular formula is C30H28O6. The molecule has 3 aromatic rings. The molecule has 0 saturated heterocycles. The zero-order valence-corrected chi connectivity index (χ0v) is 20.5. The Labute approximate surface area is 210 Å². The van der Waals surface area contributed by atoms with Crippen molar-refractivity contribution in [1.82, 2.24) is 0 Å². The zero-order valence-electron chi connectivity index (χ0n) is 20.5. The Morgan fingerprint density at radius 2 is 1.06 bits per heavy atom. The monoisotopic (exact) mass is 484 g/mol. The summed E-state index contributed by atoms with van der Waals surface area (Å²) < 4.78 is 16.3. The molecule has 0 bridgehead atoms. The van der Waals surface area contributed by atoms with Crippen LogP contribution in [0.2, 0.25) is 0 Å². The number of carbonyl (C=O) groups is 3. The van der Waals surface area contributed by atoms with E-state index in [-0.39, 0.29) is 17.2 Å². The van der Waals surface area contributed by atoms with Gasteiger partial charge in [0.05, 0.1) is 5.41 Å². The maximum absolute atomic E-state index is 12.6. The predicted octanol–water partition coefficient (Wildman–Crippen LogP) is 6.27. The highest BCUT2D eigenvalue weighted by Gasteiger charge is 2.28. The molecule has 0 aromatic heterocycles. The highest BCUT2D eigenvalue weighted by molar-refractivity contribution is 5.90. The second-order valence-electron chi connectivity index (χ2n) is 8.60. The van der Waals surface area contributed by atoms with Crippen LogP contribution in [0.3, 0.4) is 0 Å². The molecule has 6 nitrogen and oxygen atoms in total. The Balaban J connectivity index is 1.80. The molecule has 0 fully saturated rings. The fraction of sp³-hybridized carbons (Fsp3) is 0.167. The summed E-state index contributed by atoms with van der Waals surface area (Å²) in [6.45, 7) is 5.41. The lowest BCUT2D eigenvalue weighted by molar-refractivity contribution is -0.144. The summed E-state index contributed by atoms with van der Waals surface area (Å²) in [7, 11) is 0. The van der Waals surface area contributed by atoms with Crippen molar-refractivity contribution in [2.75, 3.05) is 0 Å². The van der Waals surface area contributed by atoms with Gasteiger partial charge in [-0.25, -0.2) is 9.59 Å². The molecule has 3 rings (SSSR count). The molecule has 0 spiro atoms. The van der Waals surface area contributed by atoms with Gasteiger partial charge in [0.25, 0.3) is 0 Å². The number of ether oxygens (including phenoxy) is 3. The molecule has 0 aliphatic heterocycles.